The predicted molar refractivity (Wildman–Crippen MR) is 97.1 cm³/mol. The SMILES string of the molecule is CCOC(=O)N1CCN(C(=O)c2csc(-c3cccc(Cl)c3)n2)CC1. The Hall–Kier alpha value is -2.12. The van der Waals surface area contributed by atoms with Gasteiger partial charge in [-0.3, -0.25) is 4.79 Å². The summed E-state index contributed by atoms with van der Waals surface area (Å²) in [7, 11) is 0. The lowest BCUT2D eigenvalue weighted by Crippen LogP contribution is -2.50. The first-order valence-corrected chi connectivity index (χ1v) is 9.26. The fourth-order valence-corrected chi connectivity index (χ4v) is 3.58. The van der Waals surface area contributed by atoms with E-state index in [1.54, 1.807) is 28.2 Å². The first kappa shape index (κ1) is 17.7. The Bertz CT molecular complexity index is 772. The van der Waals surface area contributed by atoms with Gasteiger partial charge < -0.3 is 14.5 Å². The summed E-state index contributed by atoms with van der Waals surface area (Å²) >= 11 is 7.42. The molecule has 8 heteroatoms. The Morgan fingerprint density at radius 3 is 2.64 bits per heavy atom. The van der Waals surface area contributed by atoms with E-state index < -0.39 is 0 Å². The third-order valence-corrected chi connectivity index (χ3v) is 5.01. The van der Waals surface area contributed by atoms with E-state index in [0.717, 1.165) is 10.6 Å². The maximum atomic E-state index is 12.6. The molecule has 0 saturated carbocycles. The lowest BCUT2D eigenvalue weighted by atomic mass is 10.2. The van der Waals surface area contributed by atoms with Gasteiger partial charge in [0, 0.05) is 42.1 Å². The van der Waals surface area contributed by atoms with Gasteiger partial charge >= 0.3 is 6.09 Å². The highest BCUT2D eigenvalue weighted by Gasteiger charge is 2.26. The second-order valence-corrected chi connectivity index (χ2v) is 6.82. The van der Waals surface area contributed by atoms with Gasteiger partial charge in [0.15, 0.2) is 0 Å². The zero-order valence-electron chi connectivity index (χ0n) is 13.8. The van der Waals surface area contributed by atoms with Crippen molar-refractivity contribution in [2.45, 2.75) is 6.92 Å². The van der Waals surface area contributed by atoms with Crippen LogP contribution in [0.1, 0.15) is 17.4 Å². The summed E-state index contributed by atoms with van der Waals surface area (Å²) in [5, 5.41) is 3.16. The molecule has 0 radical (unpaired) electrons. The van der Waals surface area contributed by atoms with Crippen molar-refractivity contribution in [3.05, 3.63) is 40.4 Å². The second kappa shape index (κ2) is 7.84. The van der Waals surface area contributed by atoms with Crippen molar-refractivity contribution in [1.29, 1.82) is 0 Å². The largest absolute Gasteiger partial charge is 0.450 e. The maximum absolute atomic E-state index is 12.6. The molecule has 132 valence electrons. The van der Waals surface area contributed by atoms with Crippen molar-refractivity contribution in [2.24, 2.45) is 0 Å². The van der Waals surface area contributed by atoms with Crippen LogP contribution in [-0.2, 0) is 4.74 Å². The molecule has 1 aliphatic heterocycles. The molecule has 1 fully saturated rings. The van der Waals surface area contributed by atoms with E-state index in [2.05, 4.69) is 4.98 Å². The number of carbonyl (C=O) groups excluding carboxylic acids is 2. The molecule has 25 heavy (non-hydrogen) atoms. The molecule has 0 spiro atoms. The third kappa shape index (κ3) is 4.11. The van der Waals surface area contributed by atoms with Crippen LogP contribution in [-0.4, -0.2) is 59.6 Å². The predicted octanol–water partition coefficient (Wildman–Crippen LogP) is 3.38. The summed E-state index contributed by atoms with van der Waals surface area (Å²) in [5.74, 6) is -0.118. The van der Waals surface area contributed by atoms with Gasteiger partial charge in [0.2, 0.25) is 0 Å². The number of aromatic nitrogens is 1. The van der Waals surface area contributed by atoms with Gasteiger partial charge in [0.1, 0.15) is 10.7 Å². The molecule has 1 aromatic heterocycles. The Balaban J connectivity index is 1.64. The Morgan fingerprint density at radius 2 is 1.96 bits per heavy atom. The molecule has 2 aromatic rings. The van der Waals surface area contributed by atoms with Gasteiger partial charge in [-0.25, -0.2) is 9.78 Å². The van der Waals surface area contributed by atoms with Crippen molar-refractivity contribution >= 4 is 34.9 Å². The van der Waals surface area contributed by atoms with Crippen LogP contribution in [0.25, 0.3) is 10.6 Å². The van der Waals surface area contributed by atoms with Crippen LogP contribution in [0, 0.1) is 0 Å². The monoisotopic (exact) mass is 379 g/mol. The average Bonchev–Trinajstić information content (AvgIpc) is 3.11. The van der Waals surface area contributed by atoms with Crippen LogP contribution >= 0.6 is 22.9 Å². The fourth-order valence-electron chi connectivity index (χ4n) is 2.59. The molecule has 1 saturated heterocycles. The van der Waals surface area contributed by atoms with Crippen LogP contribution in [0.5, 0.6) is 0 Å². The number of rotatable bonds is 3. The van der Waals surface area contributed by atoms with Crippen LogP contribution < -0.4 is 0 Å². The molecule has 1 aliphatic rings. The topological polar surface area (TPSA) is 62.7 Å². The first-order chi connectivity index (χ1) is 12.1. The Morgan fingerprint density at radius 1 is 1.24 bits per heavy atom. The van der Waals surface area contributed by atoms with Crippen LogP contribution in [0.3, 0.4) is 0 Å². The molecular weight excluding hydrogens is 362 g/mol. The van der Waals surface area contributed by atoms with Gasteiger partial charge in [0.05, 0.1) is 6.61 Å². The molecule has 0 aliphatic carbocycles. The number of nitrogens with zero attached hydrogens (tertiary/aromatic N) is 3. The van der Waals surface area contributed by atoms with E-state index in [0.29, 0.717) is 43.5 Å². The number of ether oxygens (including phenoxy) is 1. The van der Waals surface area contributed by atoms with E-state index in [-0.39, 0.29) is 12.0 Å². The molecule has 0 atom stereocenters. The third-order valence-electron chi connectivity index (χ3n) is 3.89. The van der Waals surface area contributed by atoms with Crippen LogP contribution in [0.15, 0.2) is 29.6 Å². The summed E-state index contributed by atoms with van der Waals surface area (Å²) in [5.41, 5.74) is 1.31. The van der Waals surface area contributed by atoms with Gasteiger partial charge in [0.25, 0.3) is 5.91 Å². The zero-order chi connectivity index (χ0) is 17.8. The highest BCUT2D eigenvalue weighted by atomic mass is 35.5. The van der Waals surface area contributed by atoms with Crippen molar-refractivity contribution in [3.8, 4) is 10.6 Å². The molecule has 0 unspecified atom stereocenters. The Kier molecular flexibility index (Phi) is 5.55. The number of benzene rings is 1. The van der Waals surface area contributed by atoms with Gasteiger partial charge in [-0.2, -0.15) is 0 Å². The fraction of sp³-hybridized carbons (Fsp3) is 0.353. The molecule has 2 amide bonds. The van der Waals surface area contributed by atoms with Crippen LogP contribution in [0.4, 0.5) is 4.79 Å². The van der Waals surface area contributed by atoms with E-state index in [1.807, 2.05) is 18.2 Å². The molecule has 1 aromatic carbocycles. The van der Waals surface area contributed by atoms with Gasteiger partial charge in [-0.05, 0) is 19.1 Å². The van der Waals surface area contributed by atoms with E-state index in [1.165, 1.54) is 11.3 Å². The maximum Gasteiger partial charge on any atom is 0.409 e. The molecule has 0 bridgehead atoms. The number of halogens is 1. The van der Waals surface area contributed by atoms with Gasteiger partial charge in [-0.1, -0.05) is 23.7 Å². The average molecular weight is 380 g/mol. The van der Waals surface area contributed by atoms with Crippen LogP contribution in [0.2, 0.25) is 5.02 Å². The zero-order valence-corrected chi connectivity index (χ0v) is 15.3. The van der Waals surface area contributed by atoms with E-state index in [4.69, 9.17) is 16.3 Å². The molecule has 6 nitrogen and oxygen atoms in total. The smallest absolute Gasteiger partial charge is 0.409 e. The highest BCUT2D eigenvalue weighted by molar-refractivity contribution is 7.13. The minimum absolute atomic E-state index is 0.118. The lowest BCUT2D eigenvalue weighted by Gasteiger charge is -2.33. The molecule has 2 heterocycles. The quantitative estimate of drug-likeness (QED) is 0.820. The summed E-state index contributed by atoms with van der Waals surface area (Å²) in [4.78, 5) is 32.1. The summed E-state index contributed by atoms with van der Waals surface area (Å²) in [6.07, 6.45) is -0.327. The number of hydrogen-bond donors (Lipinski definition) is 0. The number of hydrogen-bond acceptors (Lipinski definition) is 5. The standard InChI is InChI=1S/C17H18ClN3O3S/c1-2-24-17(23)21-8-6-20(7-9-21)16(22)14-11-25-15(19-14)12-4-3-5-13(18)10-12/h3-5,10-11H,2,6-9H2,1H3. The number of carbonyl (C=O) groups is 2. The van der Waals surface area contributed by atoms with Crippen molar-refractivity contribution < 1.29 is 14.3 Å². The van der Waals surface area contributed by atoms with Crippen molar-refractivity contribution in [1.82, 2.24) is 14.8 Å². The number of piperazine rings is 1. The number of amides is 2. The normalized spacial score (nSPS) is 14.5. The highest BCUT2D eigenvalue weighted by Crippen LogP contribution is 2.26. The first-order valence-electron chi connectivity index (χ1n) is 8.01. The van der Waals surface area contributed by atoms with E-state index >= 15 is 0 Å². The second-order valence-electron chi connectivity index (χ2n) is 5.53. The Labute approximate surface area is 155 Å². The molecule has 3 rings (SSSR count). The summed E-state index contributed by atoms with van der Waals surface area (Å²) < 4.78 is 4.99. The molecular formula is C17H18ClN3O3S. The summed E-state index contributed by atoms with van der Waals surface area (Å²) in [6, 6.07) is 7.40. The van der Waals surface area contributed by atoms with Crippen molar-refractivity contribution in [2.75, 3.05) is 32.8 Å². The minimum Gasteiger partial charge on any atom is -0.450 e. The number of thiazole rings is 1. The van der Waals surface area contributed by atoms with E-state index in [9.17, 15) is 9.59 Å². The summed E-state index contributed by atoms with van der Waals surface area (Å²) in [6.45, 7) is 4.01. The minimum atomic E-state index is -0.327. The van der Waals surface area contributed by atoms with Crippen molar-refractivity contribution in [3.63, 3.8) is 0 Å². The van der Waals surface area contributed by atoms with Gasteiger partial charge in [-0.15, -0.1) is 11.3 Å². The lowest BCUT2D eigenvalue weighted by molar-refractivity contribution is 0.0566. The molecule has 0 N–H and O–H groups in total.